The number of aromatic nitrogens is 5. The molecule has 0 amide bonds. The second-order valence-corrected chi connectivity index (χ2v) is 16.4. The van der Waals surface area contributed by atoms with Crippen LogP contribution >= 0.6 is 11.3 Å². The molecule has 5 nitrogen and oxygen atoms in total. The Kier molecular flexibility index (Phi) is 6.46. The third-order valence-corrected chi connectivity index (χ3v) is 13.4. The van der Waals surface area contributed by atoms with E-state index in [1.54, 1.807) is 0 Å². The molecule has 0 unspecified atom stereocenters. The van der Waals surface area contributed by atoms with Crippen LogP contribution in [0.15, 0.2) is 182 Å². The fourth-order valence-corrected chi connectivity index (χ4v) is 10.7. The molecule has 0 N–H and O–H groups in total. The lowest BCUT2D eigenvalue weighted by Crippen LogP contribution is -1.96. The van der Waals surface area contributed by atoms with Crippen molar-refractivity contribution < 1.29 is 0 Å². The summed E-state index contributed by atoms with van der Waals surface area (Å²) < 4.78 is 11.9. The molecule has 5 heterocycles. The number of benzene rings is 8. The highest BCUT2D eigenvalue weighted by atomic mass is 32.1. The molecule has 58 heavy (non-hydrogen) atoms. The Balaban J connectivity index is 1.09. The van der Waals surface area contributed by atoms with Gasteiger partial charge in [0.15, 0.2) is 0 Å². The molecule has 0 spiro atoms. The van der Waals surface area contributed by atoms with Gasteiger partial charge in [0, 0.05) is 94.6 Å². The molecule has 0 radical (unpaired) electrons. The highest BCUT2D eigenvalue weighted by Gasteiger charge is 2.20. The van der Waals surface area contributed by atoms with Crippen LogP contribution in [0.2, 0.25) is 0 Å². The highest BCUT2D eigenvalue weighted by molar-refractivity contribution is 7.25. The van der Waals surface area contributed by atoms with E-state index in [1.165, 1.54) is 85.6 Å². The summed E-state index contributed by atoms with van der Waals surface area (Å²) in [6, 6.07) is 62.8. The molecule has 0 saturated heterocycles. The minimum atomic E-state index is 0.970. The van der Waals surface area contributed by atoms with E-state index in [0.717, 1.165) is 28.5 Å². The SMILES string of the molecule is Cn1ccnc1-c1ccc2sc3ccc(-n4c5ccc(-n6c7ccccc7c7ccccc76)cc5c5cc(-n6c7ccccc7c7ccccc76)ccc54)cc3c2c1. The number of thiophene rings is 1. The second-order valence-electron chi connectivity index (χ2n) is 15.3. The molecule has 5 aromatic heterocycles. The molecule has 8 aromatic carbocycles. The smallest absolute Gasteiger partial charge is 0.139 e. The number of fused-ring (bicyclic) bond motifs is 12. The van der Waals surface area contributed by atoms with Crippen LogP contribution in [0.25, 0.3) is 114 Å². The van der Waals surface area contributed by atoms with Crippen molar-refractivity contribution in [3.63, 3.8) is 0 Å². The van der Waals surface area contributed by atoms with Crippen LogP contribution in [0.5, 0.6) is 0 Å². The van der Waals surface area contributed by atoms with Crippen LogP contribution in [0, 0.1) is 0 Å². The second kappa shape index (κ2) is 11.8. The standard InChI is InChI=1S/C52H33N5S/c1-54-27-26-53-52(54)32-18-24-50-42(28-32)43-31-35(21-25-51(43)58-50)57-48-22-19-33(55-44-14-6-2-10-36(44)37-11-3-7-15-45(37)55)29-40(48)41-30-34(20-23-49(41)57)56-46-16-8-4-12-38(46)39-13-5-9-17-47(39)56/h2-31H,1H3. The molecule has 0 aliphatic carbocycles. The first-order valence-electron chi connectivity index (χ1n) is 19.7. The molecular formula is C52H33N5S. The number of nitrogens with zero attached hydrogens (tertiary/aromatic N) is 5. The van der Waals surface area contributed by atoms with Crippen molar-refractivity contribution in [2.75, 3.05) is 0 Å². The van der Waals surface area contributed by atoms with Crippen molar-refractivity contribution in [3.8, 4) is 28.5 Å². The van der Waals surface area contributed by atoms with E-state index in [-0.39, 0.29) is 0 Å². The van der Waals surface area contributed by atoms with E-state index in [4.69, 9.17) is 0 Å². The van der Waals surface area contributed by atoms with Crippen molar-refractivity contribution >= 4 is 96.9 Å². The molecule has 0 saturated carbocycles. The fraction of sp³-hybridized carbons (Fsp3) is 0.0192. The molecule has 0 bridgehead atoms. The number of hydrogen-bond acceptors (Lipinski definition) is 2. The molecule has 13 aromatic rings. The summed E-state index contributed by atoms with van der Waals surface area (Å²) >= 11 is 1.85. The third kappa shape index (κ3) is 4.38. The van der Waals surface area contributed by atoms with Crippen LogP contribution in [-0.2, 0) is 7.05 Å². The predicted octanol–water partition coefficient (Wildman–Crippen LogP) is 13.7. The van der Waals surface area contributed by atoms with Gasteiger partial charge < -0.3 is 18.3 Å². The highest BCUT2D eigenvalue weighted by Crippen LogP contribution is 2.42. The third-order valence-electron chi connectivity index (χ3n) is 12.2. The normalized spacial score (nSPS) is 12.2. The Morgan fingerprint density at radius 3 is 1.24 bits per heavy atom. The summed E-state index contributed by atoms with van der Waals surface area (Å²) in [7, 11) is 2.05. The minimum Gasteiger partial charge on any atom is -0.334 e. The Bertz CT molecular complexity index is 3550. The van der Waals surface area contributed by atoms with E-state index >= 15 is 0 Å². The van der Waals surface area contributed by atoms with Crippen molar-refractivity contribution in [1.29, 1.82) is 0 Å². The summed E-state index contributed by atoms with van der Waals surface area (Å²) in [5.74, 6) is 0.970. The monoisotopic (exact) mass is 759 g/mol. The lowest BCUT2D eigenvalue weighted by Gasteiger charge is -2.11. The molecule has 0 aliphatic heterocycles. The quantitative estimate of drug-likeness (QED) is 0.176. The maximum Gasteiger partial charge on any atom is 0.139 e. The average molecular weight is 760 g/mol. The zero-order valence-corrected chi connectivity index (χ0v) is 32.3. The summed E-state index contributed by atoms with van der Waals surface area (Å²) in [5, 5.41) is 9.98. The van der Waals surface area contributed by atoms with Crippen LogP contribution in [0.4, 0.5) is 0 Å². The Hall–Kier alpha value is -7.41. The number of aryl methyl sites for hydroxylation is 1. The lowest BCUT2D eigenvalue weighted by atomic mass is 10.1. The van der Waals surface area contributed by atoms with Gasteiger partial charge in [0.1, 0.15) is 5.82 Å². The Morgan fingerprint density at radius 1 is 0.379 bits per heavy atom. The molecule has 0 aliphatic rings. The Labute approximate surface area is 336 Å². The van der Waals surface area contributed by atoms with E-state index in [2.05, 4.69) is 200 Å². The van der Waals surface area contributed by atoms with Gasteiger partial charge in [-0.2, -0.15) is 0 Å². The van der Waals surface area contributed by atoms with Gasteiger partial charge in [-0.3, -0.25) is 0 Å². The summed E-state index contributed by atoms with van der Waals surface area (Å²) in [6.45, 7) is 0. The predicted molar refractivity (Wildman–Crippen MR) is 245 cm³/mol. The molecule has 272 valence electrons. The first-order valence-corrected chi connectivity index (χ1v) is 20.5. The van der Waals surface area contributed by atoms with Crippen molar-refractivity contribution in [3.05, 3.63) is 182 Å². The first-order chi connectivity index (χ1) is 28.7. The summed E-state index contributed by atoms with van der Waals surface area (Å²) in [6.07, 6.45) is 3.87. The molecule has 6 heteroatoms. The molecule has 0 fully saturated rings. The first kappa shape index (κ1) is 31.8. The fourth-order valence-electron chi connectivity index (χ4n) is 9.64. The topological polar surface area (TPSA) is 32.6 Å². The lowest BCUT2D eigenvalue weighted by molar-refractivity contribution is 0.925. The van der Waals surface area contributed by atoms with Crippen LogP contribution in [-0.4, -0.2) is 23.3 Å². The van der Waals surface area contributed by atoms with Crippen molar-refractivity contribution in [2.45, 2.75) is 0 Å². The van der Waals surface area contributed by atoms with Gasteiger partial charge in [0.05, 0.1) is 33.1 Å². The number of hydrogen-bond donors (Lipinski definition) is 0. The summed E-state index contributed by atoms with van der Waals surface area (Å²) in [4.78, 5) is 4.66. The van der Waals surface area contributed by atoms with E-state index in [0.29, 0.717) is 0 Å². The van der Waals surface area contributed by atoms with Gasteiger partial charge in [-0.15, -0.1) is 11.3 Å². The number of rotatable bonds is 4. The molecule has 13 rings (SSSR count). The van der Waals surface area contributed by atoms with Gasteiger partial charge >= 0.3 is 0 Å². The molecular weight excluding hydrogens is 727 g/mol. The van der Waals surface area contributed by atoms with Crippen molar-refractivity contribution in [1.82, 2.24) is 23.3 Å². The van der Waals surface area contributed by atoms with E-state index in [9.17, 15) is 0 Å². The van der Waals surface area contributed by atoms with Crippen LogP contribution < -0.4 is 0 Å². The maximum atomic E-state index is 4.66. The molecule has 0 atom stereocenters. The number of imidazole rings is 1. The Morgan fingerprint density at radius 2 is 0.776 bits per heavy atom. The zero-order chi connectivity index (χ0) is 38.1. The van der Waals surface area contributed by atoms with Gasteiger partial charge in [0.25, 0.3) is 0 Å². The van der Waals surface area contributed by atoms with Gasteiger partial charge in [-0.25, -0.2) is 4.98 Å². The van der Waals surface area contributed by atoms with E-state index < -0.39 is 0 Å². The number of para-hydroxylation sites is 4. The minimum absolute atomic E-state index is 0.970. The van der Waals surface area contributed by atoms with Crippen LogP contribution in [0.3, 0.4) is 0 Å². The largest absolute Gasteiger partial charge is 0.334 e. The van der Waals surface area contributed by atoms with Gasteiger partial charge in [-0.05, 0) is 97.1 Å². The summed E-state index contributed by atoms with van der Waals surface area (Å²) in [5.41, 5.74) is 11.7. The van der Waals surface area contributed by atoms with Crippen LogP contribution in [0.1, 0.15) is 0 Å². The van der Waals surface area contributed by atoms with Gasteiger partial charge in [0.2, 0.25) is 0 Å². The average Bonchev–Trinajstić information content (AvgIpc) is 4.09. The zero-order valence-electron chi connectivity index (χ0n) is 31.5. The maximum absolute atomic E-state index is 4.66. The van der Waals surface area contributed by atoms with E-state index in [1.807, 2.05) is 23.7 Å². The van der Waals surface area contributed by atoms with Crippen molar-refractivity contribution in [2.24, 2.45) is 7.05 Å². The van der Waals surface area contributed by atoms with Gasteiger partial charge in [-0.1, -0.05) is 72.8 Å².